The molecule has 0 aliphatic heterocycles. The van der Waals surface area contributed by atoms with Crippen molar-refractivity contribution in [1.29, 1.82) is 0 Å². The van der Waals surface area contributed by atoms with E-state index in [1.807, 2.05) is 5.43 Å². The first-order valence-electron chi connectivity index (χ1n) is 3.04. The van der Waals surface area contributed by atoms with Crippen LogP contribution >= 0.6 is 0 Å². The van der Waals surface area contributed by atoms with Gasteiger partial charge in [0, 0.05) is 0 Å². The van der Waals surface area contributed by atoms with E-state index in [1.54, 1.807) is 0 Å². The second kappa shape index (κ2) is 5.22. The van der Waals surface area contributed by atoms with E-state index in [1.165, 1.54) is 0 Å². The van der Waals surface area contributed by atoms with Crippen LogP contribution in [0.25, 0.3) is 0 Å². The molecule has 7 N–H and O–H groups in total. The van der Waals surface area contributed by atoms with Crippen molar-refractivity contribution in [2.45, 2.75) is 6.04 Å². The minimum atomic E-state index is -1.21. The smallest absolute Gasteiger partial charge is 0.324 e. The zero-order chi connectivity index (χ0) is 9.56. The molecule has 0 aliphatic rings. The quantitative estimate of drug-likeness (QED) is 0.191. The maximum atomic E-state index is 10.1. The van der Waals surface area contributed by atoms with E-state index in [-0.39, 0.29) is 6.61 Å². The highest BCUT2D eigenvalue weighted by molar-refractivity contribution is 5.73. The molecule has 0 spiro atoms. The zero-order valence-electron chi connectivity index (χ0n) is 6.23. The molecule has 0 heterocycles. The Morgan fingerprint density at radius 3 is 2.67 bits per heavy atom. The number of carbonyl (C=O) groups is 1. The van der Waals surface area contributed by atoms with E-state index in [4.69, 9.17) is 21.8 Å². The van der Waals surface area contributed by atoms with Gasteiger partial charge >= 0.3 is 5.97 Å². The molecule has 0 bridgehead atoms. The predicted octanol–water partition coefficient (Wildman–Crippen LogP) is -1.76. The maximum absolute atomic E-state index is 10.1. The molecular weight excluding hydrogens is 166 g/mol. The van der Waals surface area contributed by atoms with Crippen LogP contribution in [0.2, 0.25) is 0 Å². The van der Waals surface area contributed by atoms with E-state index in [0.29, 0.717) is 0 Å². The summed E-state index contributed by atoms with van der Waals surface area (Å²) in [5.74, 6) is 3.06. The van der Waals surface area contributed by atoms with E-state index in [9.17, 15) is 4.79 Å². The summed E-state index contributed by atoms with van der Waals surface area (Å²) in [4.78, 5) is 10.1. The van der Waals surface area contributed by atoms with Gasteiger partial charge < -0.3 is 26.1 Å². The maximum Gasteiger partial charge on any atom is 0.324 e. The van der Waals surface area contributed by atoms with Crippen LogP contribution in [-0.2, 0) is 9.53 Å². The van der Waals surface area contributed by atoms with Gasteiger partial charge in [0.05, 0.1) is 6.20 Å². The molecule has 0 amide bonds. The van der Waals surface area contributed by atoms with Crippen LogP contribution in [0.15, 0.2) is 12.1 Å². The second-order valence-corrected chi connectivity index (χ2v) is 1.90. The molecule has 0 saturated carbocycles. The molecule has 0 aromatic carbocycles. The molecule has 12 heavy (non-hydrogen) atoms. The molecule has 0 radical (unpaired) electrons. The van der Waals surface area contributed by atoms with Crippen molar-refractivity contribution in [3.8, 4) is 0 Å². The number of carboxylic acid groups (broad SMARTS) is 1. The Bertz CT molecular complexity index is 182. The van der Waals surface area contributed by atoms with Gasteiger partial charge in [-0.2, -0.15) is 0 Å². The third-order valence-electron chi connectivity index (χ3n) is 0.935. The Morgan fingerprint density at radius 2 is 2.25 bits per heavy atom. The first-order valence-corrected chi connectivity index (χ1v) is 3.04. The number of nitrogens with one attached hydrogen (secondary N) is 1. The second-order valence-electron chi connectivity index (χ2n) is 1.90. The summed E-state index contributed by atoms with van der Waals surface area (Å²) in [6.07, 6.45) is 0.953. The van der Waals surface area contributed by atoms with Crippen LogP contribution in [-0.4, -0.2) is 28.8 Å². The fourth-order valence-electron chi connectivity index (χ4n) is 0.359. The van der Waals surface area contributed by atoms with Gasteiger partial charge in [-0.05, 0) is 0 Å². The summed E-state index contributed by atoms with van der Waals surface area (Å²) in [5, 5.41) is 17.0. The third kappa shape index (κ3) is 4.36. The van der Waals surface area contributed by atoms with Gasteiger partial charge in [-0.1, -0.05) is 0 Å². The van der Waals surface area contributed by atoms with Gasteiger partial charge in [-0.3, -0.25) is 10.6 Å². The summed E-state index contributed by atoms with van der Waals surface area (Å²) in [5.41, 5.74) is 7.04. The molecule has 1 atom stereocenters. The highest BCUT2D eigenvalue weighted by Crippen LogP contribution is 1.90. The first-order chi connectivity index (χ1) is 5.57. The highest BCUT2D eigenvalue weighted by Gasteiger charge is 2.11. The average molecular weight is 177 g/mol. The number of aliphatic hydroxyl groups is 1. The molecule has 70 valence electrons. The van der Waals surface area contributed by atoms with Gasteiger partial charge in [-0.15, -0.1) is 0 Å². The van der Waals surface area contributed by atoms with Crippen molar-refractivity contribution in [2.75, 3.05) is 6.61 Å². The molecule has 0 aromatic heterocycles. The predicted molar refractivity (Wildman–Crippen MR) is 39.6 cm³/mol. The average Bonchev–Trinajstić information content (AvgIpc) is 2.00. The van der Waals surface area contributed by atoms with E-state index in [2.05, 4.69) is 4.74 Å². The van der Waals surface area contributed by atoms with E-state index >= 15 is 0 Å². The largest absolute Gasteiger partial charge is 0.480 e. The third-order valence-corrected chi connectivity index (χ3v) is 0.935. The Balaban J connectivity index is 3.68. The number of carboxylic acids is 1. The van der Waals surface area contributed by atoms with Crippen LogP contribution in [0, 0.1) is 0 Å². The number of aliphatic hydroxyl groups excluding tert-OH is 1. The molecule has 1 unspecified atom stereocenters. The minimum absolute atomic E-state index is 0.320. The van der Waals surface area contributed by atoms with Crippen LogP contribution in [0.1, 0.15) is 0 Å². The lowest BCUT2D eigenvalue weighted by atomic mass is 10.3. The van der Waals surface area contributed by atoms with E-state index in [0.717, 1.165) is 6.20 Å². The first kappa shape index (κ1) is 10.5. The van der Waals surface area contributed by atoms with Crippen molar-refractivity contribution < 1.29 is 19.7 Å². The van der Waals surface area contributed by atoms with Gasteiger partial charge in [0.1, 0.15) is 12.6 Å². The normalized spacial score (nSPS) is 13.7. The van der Waals surface area contributed by atoms with Crippen LogP contribution in [0.3, 0.4) is 0 Å². The van der Waals surface area contributed by atoms with Crippen molar-refractivity contribution >= 4 is 5.97 Å². The zero-order valence-corrected chi connectivity index (χ0v) is 6.23. The number of hydrogen-bond donors (Lipinski definition) is 5. The molecule has 0 saturated heterocycles. The lowest BCUT2D eigenvalue weighted by Crippen LogP contribution is -2.34. The number of hydrazine groups is 1. The van der Waals surface area contributed by atoms with Crippen LogP contribution in [0.4, 0.5) is 0 Å². The monoisotopic (exact) mass is 177 g/mol. The molecule has 7 heteroatoms. The van der Waals surface area contributed by atoms with E-state index < -0.39 is 18.0 Å². The lowest BCUT2D eigenvalue weighted by Gasteiger charge is -2.07. The SMILES string of the molecule is NNC=C(O)OCC(N)C(=O)O. The fourth-order valence-corrected chi connectivity index (χ4v) is 0.359. The van der Waals surface area contributed by atoms with Crippen LogP contribution < -0.4 is 17.0 Å². The number of hydrogen-bond acceptors (Lipinski definition) is 6. The molecule has 0 aromatic rings. The summed E-state index contributed by atoms with van der Waals surface area (Å²) < 4.78 is 4.47. The van der Waals surface area contributed by atoms with Gasteiger partial charge in [0.15, 0.2) is 0 Å². The van der Waals surface area contributed by atoms with Gasteiger partial charge in [0.25, 0.3) is 5.95 Å². The molecule has 0 aliphatic carbocycles. The van der Waals surface area contributed by atoms with Crippen molar-refractivity contribution in [3.63, 3.8) is 0 Å². The minimum Gasteiger partial charge on any atom is -0.480 e. The Kier molecular flexibility index (Phi) is 4.58. The van der Waals surface area contributed by atoms with Crippen molar-refractivity contribution in [3.05, 3.63) is 12.1 Å². The summed E-state index contributed by atoms with van der Waals surface area (Å²) in [6.45, 7) is -0.320. The molecular formula is C5H11N3O4. The number of ether oxygens (including phenoxy) is 1. The molecule has 0 fully saturated rings. The molecule has 0 rings (SSSR count). The number of nitrogens with two attached hydrogens (primary N) is 2. The Hall–Kier alpha value is -1.47. The highest BCUT2D eigenvalue weighted by atomic mass is 16.6. The Morgan fingerprint density at radius 1 is 1.67 bits per heavy atom. The fraction of sp³-hybridized carbons (Fsp3) is 0.400. The van der Waals surface area contributed by atoms with Gasteiger partial charge in [0.2, 0.25) is 0 Å². The molecule has 7 nitrogen and oxygen atoms in total. The number of rotatable bonds is 5. The number of aliphatic carboxylic acids is 1. The van der Waals surface area contributed by atoms with Crippen molar-refractivity contribution in [1.82, 2.24) is 5.43 Å². The lowest BCUT2D eigenvalue weighted by molar-refractivity contribution is -0.139. The Labute approximate surface area is 68.6 Å². The van der Waals surface area contributed by atoms with Crippen molar-refractivity contribution in [2.24, 2.45) is 11.6 Å². The van der Waals surface area contributed by atoms with Gasteiger partial charge in [-0.25, -0.2) is 0 Å². The summed E-state index contributed by atoms with van der Waals surface area (Å²) >= 11 is 0. The summed E-state index contributed by atoms with van der Waals surface area (Å²) in [7, 11) is 0. The summed E-state index contributed by atoms with van der Waals surface area (Å²) in [6, 6.07) is -1.17. The van der Waals surface area contributed by atoms with Crippen LogP contribution in [0.5, 0.6) is 0 Å². The topological polar surface area (TPSA) is 131 Å². The standard InChI is InChI=1S/C5H11N3O4/c6-3(5(10)11)2-12-4(9)1-8-7/h1,3,8-9H,2,6-7H2,(H,10,11).